The first-order valence-electron chi connectivity index (χ1n) is 3.91. The molecule has 1 N–H and O–H groups in total. The molecule has 0 aliphatic heterocycles. The van der Waals surface area contributed by atoms with Crippen LogP contribution < -0.4 is 0 Å². The summed E-state index contributed by atoms with van der Waals surface area (Å²) in [7, 11) is 0. The van der Waals surface area contributed by atoms with E-state index in [4.69, 9.17) is 11.8 Å². The average Bonchev–Trinajstić information content (AvgIpc) is 2.63. The highest BCUT2D eigenvalue weighted by atomic mass is 35.5. The predicted molar refractivity (Wildman–Crippen MR) is 50.5 cm³/mol. The van der Waals surface area contributed by atoms with Gasteiger partial charge in [0.15, 0.2) is 0 Å². The quantitative estimate of drug-likeness (QED) is 0.757. The normalized spacial score (nSPS) is 10.7. The average molecular weight is 197 g/mol. The number of aromatic amines is 1. The zero-order valence-electron chi connectivity index (χ0n) is 7.37. The Hall–Kier alpha value is -1.29. The summed E-state index contributed by atoms with van der Waals surface area (Å²) in [6.07, 6.45) is 3.59. The molecule has 0 aliphatic rings. The van der Waals surface area contributed by atoms with E-state index in [-0.39, 0.29) is 0 Å². The zero-order chi connectivity index (χ0) is 9.42. The minimum absolute atomic E-state index is 0.911. The van der Waals surface area contributed by atoms with Crippen molar-refractivity contribution in [3.8, 4) is 11.1 Å². The Morgan fingerprint density at radius 2 is 2.23 bits per heavy atom. The van der Waals surface area contributed by atoms with E-state index in [0.29, 0.717) is 0 Å². The number of nitrogens with one attached hydrogen (secondary N) is 1. The molecule has 2 heterocycles. The summed E-state index contributed by atoms with van der Waals surface area (Å²) >= 11 is 5.83. The van der Waals surface area contributed by atoms with Crippen molar-refractivity contribution < 1.29 is 0 Å². The summed E-state index contributed by atoms with van der Waals surface area (Å²) in [5, 5.41) is 10.8. The largest absolute Gasteiger partial charge is 0.285 e. The van der Waals surface area contributed by atoms with Crippen LogP contribution in [0.15, 0.2) is 12.4 Å². The van der Waals surface area contributed by atoms with Crippen molar-refractivity contribution in [2.24, 2.45) is 0 Å². The van der Waals surface area contributed by atoms with E-state index in [0.717, 1.165) is 22.5 Å². The second-order valence-corrected chi connectivity index (χ2v) is 3.21. The minimum atomic E-state index is 0.911. The summed E-state index contributed by atoms with van der Waals surface area (Å²) < 4.78 is 1.36. The van der Waals surface area contributed by atoms with Crippen LogP contribution in [0.2, 0.25) is 0 Å². The van der Waals surface area contributed by atoms with Gasteiger partial charge in [0.05, 0.1) is 17.6 Å². The van der Waals surface area contributed by atoms with Gasteiger partial charge in [-0.1, -0.05) is 0 Å². The number of H-pyrrole nitrogens is 1. The van der Waals surface area contributed by atoms with Gasteiger partial charge in [-0.05, 0) is 13.8 Å². The fourth-order valence-corrected chi connectivity index (χ4v) is 1.61. The highest BCUT2D eigenvalue weighted by molar-refractivity contribution is 6.15. The van der Waals surface area contributed by atoms with Crippen LogP contribution in [-0.4, -0.2) is 19.5 Å². The van der Waals surface area contributed by atoms with Crippen molar-refractivity contribution in [3.63, 3.8) is 0 Å². The zero-order valence-corrected chi connectivity index (χ0v) is 8.13. The van der Waals surface area contributed by atoms with Crippen LogP contribution in [0.4, 0.5) is 0 Å². The molecule has 0 unspecified atom stereocenters. The molecule has 0 aliphatic carbocycles. The Morgan fingerprint density at radius 1 is 1.46 bits per heavy atom. The van der Waals surface area contributed by atoms with E-state index in [2.05, 4.69) is 15.3 Å². The molecule has 2 aromatic rings. The second kappa shape index (κ2) is 2.88. The van der Waals surface area contributed by atoms with E-state index in [1.165, 1.54) is 4.20 Å². The van der Waals surface area contributed by atoms with Gasteiger partial charge in [0.2, 0.25) is 0 Å². The first-order valence-corrected chi connectivity index (χ1v) is 4.25. The molecule has 0 atom stereocenters. The number of halogens is 1. The molecular weight excluding hydrogens is 188 g/mol. The molecule has 0 aromatic carbocycles. The number of rotatable bonds is 1. The fourth-order valence-electron chi connectivity index (χ4n) is 1.42. The predicted octanol–water partition coefficient (Wildman–Crippen LogP) is 1.89. The number of aryl methyl sites for hydroxylation is 1. The van der Waals surface area contributed by atoms with Gasteiger partial charge in [0, 0.05) is 29.1 Å². The Bertz CT molecular complexity index is 416. The van der Waals surface area contributed by atoms with E-state index in [1.807, 2.05) is 20.0 Å². The van der Waals surface area contributed by atoms with Gasteiger partial charge in [-0.3, -0.25) is 5.10 Å². The molecule has 0 amide bonds. The molecule has 13 heavy (non-hydrogen) atoms. The van der Waals surface area contributed by atoms with E-state index in [1.54, 1.807) is 6.20 Å². The number of aromatic nitrogens is 4. The third-order valence-electron chi connectivity index (χ3n) is 2.03. The van der Waals surface area contributed by atoms with Crippen LogP contribution in [0.1, 0.15) is 11.4 Å². The number of hydrogen-bond donors (Lipinski definition) is 1. The number of nitrogens with zero attached hydrogens (tertiary/aromatic N) is 3. The summed E-state index contributed by atoms with van der Waals surface area (Å²) in [5.41, 5.74) is 3.90. The van der Waals surface area contributed by atoms with Crippen molar-refractivity contribution in [2.75, 3.05) is 0 Å². The molecule has 5 heteroatoms. The first-order chi connectivity index (χ1) is 6.20. The molecular formula is C8H9ClN4. The maximum Gasteiger partial charge on any atom is 0.0691 e. The molecule has 0 saturated heterocycles. The van der Waals surface area contributed by atoms with Gasteiger partial charge in [-0.2, -0.15) is 14.4 Å². The molecule has 4 nitrogen and oxygen atoms in total. The van der Waals surface area contributed by atoms with Crippen molar-refractivity contribution in [3.05, 3.63) is 23.8 Å². The maximum atomic E-state index is 5.83. The fraction of sp³-hybridized carbons (Fsp3) is 0.250. The lowest BCUT2D eigenvalue weighted by Crippen LogP contribution is -1.84. The Kier molecular flexibility index (Phi) is 1.84. The third kappa shape index (κ3) is 1.23. The Morgan fingerprint density at radius 3 is 2.69 bits per heavy atom. The lowest BCUT2D eigenvalue weighted by atomic mass is 10.1. The second-order valence-electron chi connectivity index (χ2n) is 2.89. The highest BCUT2D eigenvalue weighted by Crippen LogP contribution is 2.25. The molecule has 2 aromatic heterocycles. The van der Waals surface area contributed by atoms with E-state index < -0.39 is 0 Å². The molecule has 0 radical (unpaired) electrons. The maximum absolute atomic E-state index is 5.83. The molecule has 0 spiro atoms. The summed E-state index contributed by atoms with van der Waals surface area (Å²) in [4.78, 5) is 0. The SMILES string of the molecule is Cc1nn(Cl)c(C)c1-c1cn[nH]c1. The monoisotopic (exact) mass is 196 g/mol. The van der Waals surface area contributed by atoms with E-state index in [9.17, 15) is 0 Å². The standard InChI is InChI=1S/C8H9ClN4/c1-5-8(6(2)13(9)12-5)7-3-10-11-4-7/h3-4H,1-2H3,(H,10,11). The Balaban J connectivity index is 2.64. The lowest BCUT2D eigenvalue weighted by Gasteiger charge is -1.94. The lowest BCUT2D eigenvalue weighted by molar-refractivity contribution is 0.932. The molecule has 0 saturated carbocycles. The van der Waals surface area contributed by atoms with Crippen molar-refractivity contribution in [1.82, 2.24) is 19.5 Å². The summed E-state index contributed by atoms with van der Waals surface area (Å²) in [6.45, 7) is 3.85. The molecule has 0 bridgehead atoms. The minimum Gasteiger partial charge on any atom is -0.285 e. The van der Waals surface area contributed by atoms with Crippen molar-refractivity contribution in [2.45, 2.75) is 13.8 Å². The molecule has 2 rings (SSSR count). The van der Waals surface area contributed by atoms with Gasteiger partial charge in [-0.15, -0.1) is 0 Å². The van der Waals surface area contributed by atoms with Crippen LogP contribution in [0, 0.1) is 13.8 Å². The van der Waals surface area contributed by atoms with Gasteiger partial charge in [-0.25, -0.2) is 0 Å². The van der Waals surface area contributed by atoms with Crippen molar-refractivity contribution >= 4 is 11.8 Å². The topological polar surface area (TPSA) is 46.5 Å². The van der Waals surface area contributed by atoms with Crippen LogP contribution in [0.5, 0.6) is 0 Å². The van der Waals surface area contributed by atoms with Crippen LogP contribution >= 0.6 is 11.8 Å². The van der Waals surface area contributed by atoms with E-state index >= 15 is 0 Å². The smallest absolute Gasteiger partial charge is 0.0691 e. The van der Waals surface area contributed by atoms with Crippen LogP contribution in [0.3, 0.4) is 0 Å². The summed E-state index contributed by atoms with van der Waals surface area (Å²) in [5.74, 6) is 0. The number of hydrogen-bond acceptors (Lipinski definition) is 2. The third-order valence-corrected chi connectivity index (χ3v) is 2.35. The summed E-state index contributed by atoms with van der Waals surface area (Å²) in [6, 6.07) is 0. The molecule has 0 fully saturated rings. The van der Waals surface area contributed by atoms with Crippen molar-refractivity contribution in [1.29, 1.82) is 0 Å². The Labute approximate surface area is 80.6 Å². The molecule has 68 valence electrons. The van der Waals surface area contributed by atoms with Gasteiger partial charge in [0.1, 0.15) is 0 Å². The van der Waals surface area contributed by atoms with Crippen LogP contribution in [-0.2, 0) is 0 Å². The van der Waals surface area contributed by atoms with Gasteiger partial charge >= 0.3 is 0 Å². The van der Waals surface area contributed by atoms with Crippen LogP contribution in [0.25, 0.3) is 11.1 Å². The first kappa shape index (κ1) is 8.31. The van der Waals surface area contributed by atoms with Gasteiger partial charge < -0.3 is 0 Å². The van der Waals surface area contributed by atoms with Gasteiger partial charge in [0.25, 0.3) is 0 Å². The highest BCUT2D eigenvalue weighted by Gasteiger charge is 2.12.